The molecule has 0 aliphatic heterocycles. The lowest BCUT2D eigenvalue weighted by molar-refractivity contribution is -0.138. The Bertz CT molecular complexity index is 1590. The van der Waals surface area contributed by atoms with Gasteiger partial charge in [-0.3, -0.25) is 9.59 Å². The number of benzene rings is 3. The van der Waals surface area contributed by atoms with E-state index in [1.165, 1.54) is 6.42 Å². The molecule has 0 saturated heterocycles. The van der Waals surface area contributed by atoms with E-state index in [2.05, 4.69) is 25.3 Å². The van der Waals surface area contributed by atoms with Gasteiger partial charge in [0.15, 0.2) is 0 Å². The quantitative estimate of drug-likeness (QED) is 0.148. The number of fused-ring (bicyclic) bond motifs is 1. The monoisotopic (exact) mass is 632 g/mol. The largest absolute Gasteiger partial charge is 0.480 e. The first-order chi connectivity index (χ1) is 21.8. The Morgan fingerprint density at radius 2 is 1.67 bits per heavy atom. The predicted molar refractivity (Wildman–Crippen MR) is 169 cm³/mol. The number of aliphatic carboxylic acids is 1. The number of carboxylic acids is 1. The third kappa shape index (κ3) is 9.13. The number of H-pyrrole nitrogens is 1. The third-order valence-corrected chi connectivity index (χ3v) is 8.33. The van der Waals surface area contributed by atoms with E-state index in [-0.39, 0.29) is 31.7 Å². The van der Waals surface area contributed by atoms with Gasteiger partial charge in [-0.25, -0.2) is 9.78 Å². The van der Waals surface area contributed by atoms with E-state index in [0.29, 0.717) is 17.1 Å². The highest BCUT2D eigenvalue weighted by atomic mass is 32.2. The molecule has 5 rings (SSSR count). The molecular formula is C32H36N6O6S. The van der Waals surface area contributed by atoms with E-state index in [1.807, 2.05) is 24.3 Å². The molecule has 4 aromatic rings. The number of aromatic nitrogens is 2. The molecule has 1 saturated carbocycles. The van der Waals surface area contributed by atoms with E-state index in [9.17, 15) is 23.7 Å². The second kappa shape index (κ2) is 15.3. The molecule has 1 aliphatic carbocycles. The molecule has 45 heavy (non-hydrogen) atoms. The minimum Gasteiger partial charge on any atom is -0.480 e. The second-order valence-electron chi connectivity index (χ2n) is 10.9. The van der Waals surface area contributed by atoms with Crippen LogP contribution in [0.5, 0.6) is 5.75 Å². The van der Waals surface area contributed by atoms with Crippen molar-refractivity contribution in [3.63, 3.8) is 0 Å². The van der Waals surface area contributed by atoms with Crippen LogP contribution in [-0.2, 0) is 29.2 Å². The summed E-state index contributed by atoms with van der Waals surface area (Å²) in [6, 6.07) is 21.4. The van der Waals surface area contributed by atoms with Gasteiger partial charge in [-0.2, -0.15) is 8.93 Å². The fraction of sp³-hybridized carbons (Fsp3) is 0.312. The molecular weight excluding hydrogens is 596 g/mol. The van der Waals surface area contributed by atoms with Gasteiger partial charge in [0.05, 0.1) is 17.6 Å². The predicted octanol–water partition coefficient (Wildman–Crippen LogP) is 4.04. The minimum absolute atomic E-state index is 0.141. The highest BCUT2D eigenvalue weighted by molar-refractivity contribution is 7.78. The van der Waals surface area contributed by atoms with Gasteiger partial charge in [0.1, 0.15) is 17.6 Å². The van der Waals surface area contributed by atoms with Gasteiger partial charge in [-0.1, -0.05) is 61.7 Å². The summed E-state index contributed by atoms with van der Waals surface area (Å²) in [6.07, 6.45) is 5.30. The maximum absolute atomic E-state index is 13.4. The number of aromatic amines is 1. The van der Waals surface area contributed by atoms with Crippen molar-refractivity contribution in [3.8, 4) is 5.75 Å². The summed E-state index contributed by atoms with van der Waals surface area (Å²) < 4.78 is 19.8. The summed E-state index contributed by atoms with van der Waals surface area (Å²) >= 11 is -2.14. The lowest BCUT2D eigenvalue weighted by Crippen LogP contribution is -2.47. The summed E-state index contributed by atoms with van der Waals surface area (Å²) in [5.74, 6) is -0.827. The maximum atomic E-state index is 13.4. The Morgan fingerprint density at radius 1 is 0.956 bits per heavy atom. The van der Waals surface area contributed by atoms with Crippen LogP contribution in [0.25, 0.3) is 11.0 Å². The van der Waals surface area contributed by atoms with Crippen LogP contribution in [0.3, 0.4) is 0 Å². The van der Waals surface area contributed by atoms with Crippen LogP contribution in [0, 0.1) is 0 Å². The summed E-state index contributed by atoms with van der Waals surface area (Å²) in [6.45, 7) is 0.233. The Kier molecular flexibility index (Phi) is 10.8. The van der Waals surface area contributed by atoms with Gasteiger partial charge in [-0.15, -0.1) is 0 Å². The molecule has 1 heterocycles. The van der Waals surface area contributed by atoms with Crippen molar-refractivity contribution >= 4 is 40.2 Å². The van der Waals surface area contributed by atoms with E-state index in [1.54, 1.807) is 59.5 Å². The molecule has 13 heteroatoms. The number of hydrogen-bond acceptors (Lipinski definition) is 6. The number of para-hydroxylation sites is 3. The number of rotatable bonds is 13. The highest BCUT2D eigenvalue weighted by Gasteiger charge is 2.23. The average molecular weight is 633 g/mol. The van der Waals surface area contributed by atoms with Gasteiger partial charge in [0.25, 0.3) is 17.2 Å². The van der Waals surface area contributed by atoms with E-state index in [0.717, 1.165) is 42.3 Å². The Hall–Kier alpha value is -4.75. The number of carboxylic acid groups (broad SMARTS) is 1. The fourth-order valence-corrected chi connectivity index (χ4v) is 5.89. The first kappa shape index (κ1) is 31.7. The number of carbonyl (C=O) groups is 3. The van der Waals surface area contributed by atoms with Crippen LogP contribution >= 0.6 is 0 Å². The summed E-state index contributed by atoms with van der Waals surface area (Å²) in [5, 5.41) is 15.3. The van der Waals surface area contributed by atoms with Gasteiger partial charge >= 0.3 is 12.0 Å². The number of amides is 3. The molecule has 12 nitrogen and oxygen atoms in total. The number of nitrogens with one attached hydrogen (secondary N) is 4. The smallest absolute Gasteiger partial charge is 0.323 e. The van der Waals surface area contributed by atoms with Crippen LogP contribution in [0.1, 0.15) is 53.8 Å². The van der Waals surface area contributed by atoms with Crippen molar-refractivity contribution in [2.45, 2.75) is 57.3 Å². The zero-order valence-electron chi connectivity index (χ0n) is 24.6. The highest BCUT2D eigenvalue weighted by Crippen LogP contribution is 2.19. The van der Waals surface area contributed by atoms with E-state index < -0.39 is 29.2 Å². The summed E-state index contributed by atoms with van der Waals surface area (Å²) in [5.41, 5.74) is 2.83. The van der Waals surface area contributed by atoms with Crippen LogP contribution in [0.15, 0.2) is 78.9 Å². The van der Waals surface area contributed by atoms with Gasteiger partial charge in [0, 0.05) is 24.7 Å². The molecule has 236 valence electrons. The Labute approximate surface area is 263 Å². The van der Waals surface area contributed by atoms with Gasteiger partial charge in [-0.05, 0) is 54.8 Å². The van der Waals surface area contributed by atoms with Crippen LogP contribution in [0.2, 0.25) is 0 Å². The molecule has 3 amide bonds. The normalized spacial score (nSPS) is 14.8. The van der Waals surface area contributed by atoms with Crippen molar-refractivity contribution < 1.29 is 27.9 Å². The topological polar surface area (TPSA) is 166 Å². The van der Waals surface area contributed by atoms with E-state index in [4.69, 9.17) is 4.18 Å². The maximum Gasteiger partial charge on any atom is 0.323 e. The Balaban J connectivity index is 1.20. The minimum atomic E-state index is -2.14. The van der Waals surface area contributed by atoms with Crippen LogP contribution in [-0.4, -0.2) is 60.7 Å². The van der Waals surface area contributed by atoms with Crippen molar-refractivity contribution in [1.29, 1.82) is 0 Å². The number of urea groups is 1. The van der Waals surface area contributed by atoms with Crippen molar-refractivity contribution in [2.24, 2.45) is 0 Å². The van der Waals surface area contributed by atoms with Gasteiger partial charge in [0.2, 0.25) is 0 Å². The zero-order valence-corrected chi connectivity index (χ0v) is 25.4. The molecule has 2 unspecified atom stereocenters. The molecule has 0 bridgehead atoms. The molecule has 1 aliphatic rings. The molecule has 5 N–H and O–H groups in total. The van der Waals surface area contributed by atoms with Crippen LogP contribution in [0.4, 0.5) is 4.79 Å². The first-order valence-electron chi connectivity index (χ1n) is 14.8. The molecule has 0 radical (unpaired) electrons. The first-order valence-corrected chi connectivity index (χ1v) is 15.9. The number of nitrogens with zero attached hydrogens (tertiary/aromatic N) is 2. The summed E-state index contributed by atoms with van der Waals surface area (Å²) in [7, 11) is 0. The molecule has 2 atom stereocenters. The zero-order chi connectivity index (χ0) is 31.6. The SMILES string of the molecule is O=C(NCC(NS(=O)Oc1ccccc1)C(=O)O)c1ccc(CN(Cc2nc3ccccc3[nH]2)C(=O)NC2CCCCC2)cc1. The molecule has 1 aromatic heterocycles. The second-order valence-corrected chi connectivity index (χ2v) is 11.8. The van der Waals surface area contributed by atoms with Crippen molar-refractivity contribution in [2.75, 3.05) is 6.54 Å². The standard InChI is InChI=1S/C32H36N6O6S/c39-30(33-19-28(31(40)41)37-45(43)44-25-11-5-2-6-12-25)23-17-15-22(16-18-23)20-38(32(42)34-24-9-3-1-4-10-24)21-29-35-26-13-7-8-14-27(26)36-29/h2,5-8,11-18,24,28,37H,1,3-4,9-10,19-21H2,(H,33,39)(H,34,42)(H,35,36)(H,40,41). The third-order valence-electron chi connectivity index (χ3n) is 7.51. The van der Waals surface area contributed by atoms with E-state index >= 15 is 0 Å². The number of hydrogen-bond donors (Lipinski definition) is 5. The number of imidazole rings is 1. The van der Waals surface area contributed by atoms with Gasteiger partial charge < -0.3 is 29.8 Å². The summed E-state index contributed by atoms with van der Waals surface area (Å²) in [4.78, 5) is 47.6. The molecule has 3 aromatic carbocycles. The average Bonchev–Trinajstić information content (AvgIpc) is 3.46. The molecule has 1 fully saturated rings. The lowest BCUT2D eigenvalue weighted by atomic mass is 9.96. The Morgan fingerprint density at radius 3 is 2.38 bits per heavy atom. The fourth-order valence-electron chi connectivity index (χ4n) is 5.14. The van der Waals surface area contributed by atoms with Crippen molar-refractivity contribution in [3.05, 3.63) is 95.8 Å². The van der Waals surface area contributed by atoms with Crippen molar-refractivity contribution in [1.82, 2.24) is 30.2 Å². The lowest BCUT2D eigenvalue weighted by Gasteiger charge is -2.28. The number of carbonyl (C=O) groups excluding carboxylic acids is 2. The van der Waals surface area contributed by atoms with Crippen LogP contribution < -0.4 is 19.5 Å². The molecule has 0 spiro atoms.